The second-order valence-corrected chi connectivity index (χ2v) is 7.44. The molecule has 3 rings (SSSR count). The van der Waals surface area contributed by atoms with Gasteiger partial charge >= 0.3 is 0 Å². The van der Waals surface area contributed by atoms with Gasteiger partial charge in [0.05, 0.1) is 21.3 Å². The van der Waals surface area contributed by atoms with Crippen molar-refractivity contribution >= 4 is 11.8 Å². The van der Waals surface area contributed by atoms with Crippen LogP contribution in [0.2, 0.25) is 0 Å². The number of rotatable bonds is 6. The van der Waals surface area contributed by atoms with E-state index in [2.05, 4.69) is 0 Å². The Balaban J connectivity index is 1.61. The first kappa shape index (κ1) is 20.3. The van der Waals surface area contributed by atoms with Crippen LogP contribution in [0.1, 0.15) is 42.5 Å². The quantitative estimate of drug-likeness (QED) is 0.747. The van der Waals surface area contributed by atoms with Gasteiger partial charge in [0.25, 0.3) is 5.91 Å². The largest absolute Gasteiger partial charge is 0.493 e. The topological polar surface area (TPSA) is 68.3 Å². The summed E-state index contributed by atoms with van der Waals surface area (Å²) >= 11 is 0. The van der Waals surface area contributed by atoms with E-state index in [1.165, 1.54) is 21.3 Å². The standard InChI is InChI=1S/C21H30N2O5/c1-26-17-13-16(14-18(27-2)20(17)28-3)21(25)23-10-6-15(7-11-23)12-19(24)22-8-4-5-9-22/h13-15H,4-12H2,1-3H3. The van der Waals surface area contributed by atoms with Crippen LogP contribution in [0, 0.1) is 5.92 Å². The van der Waals surface area contributed by atoms with Crippen molar-refractivity contribution in [2.75, 3.05) is 47.5 Å². The van der Waals surface area contributed by atoms with Crippen LogP contribution in [0.3, 0.4) is 0 Å². The average Bonchev–Trinajstić information content (AvgIpc) is 3.27. The highest BCUT2D eigenvalue weighted by Gasteiger charge is 2.28. The Bertz CT molecular complexity index is 682. The third kappa shape index (κ3) is 4.34. The molecule has 0 aromatic heterocycles. The number of carbonyl (C=O) groups excluding carboxylic acids is 2. The normalized spacial score (nSPS) is 17.5. The molecule has 7 nitrogen and oxygen atoms in total. The minimum absolute atomic E-state index is 0.0522. The van der Waals surface area contributed by atoms with Crippen LogP contribution in [-0.4, -0.2) is 69.1 Å². The molecule has 2 saturated heterocycles. The monoisotopic (exact) mass is 390 g/mol. The molecule has 154 valence electrons. The van der Waals surface area contributed by atoms with Gasteiger partial charge in [-0.05, 0) is 43.7 Å². The van der Waals surface area contributed by atoms with Crippen molar-refractivity contribution in [1.29, 1.82) is 0 Å². The molecule has 0 spiro atoms. The number of likely N-dealkylation sites (tertiary alicyclic amines) is 2. The van der Waals surface area contributed by atoms with Gasteiger partial charge < -0.3 is 24.0 Å². The van der Waals surface area contributed by atoms with Crippen LogP contribution in [0.4, 0.5) is 0 Å². The van der Waals surface area contributed by atoms with Crippen molar-refractivity contribution in [2.45, 2.75) is 32.1 Å². The Kier molecular flexibility index (Phi) is 6.65. The molecule has 0 bridgehead atoms. The Labute approximate surface area is 166 Å². The molecule has 2 heterocycles. The number of amides is 2. The maximum Gasteiger partial charge on any atom is 0.254 e. The zero-order chi connectivity index (χ0) is 20.1. The van der Waals surface area contributed by atoms with Crippen LogP contribution >= 0.6 is 0 Å². The Morgan fingerprint density at radius 1 is 0.893 bits per heavy atom. The van der Waals surface area contributed by atoms with Crippen LogP contribution < -0.4 is 14.2 Å². The number of piperidine rings is 1. The first-order valence-electron chi connectivity index (χ1n) is 9.94. The Morgan fingerprint density at radius 2 is 1.46 bits per heavy atom. The smallest absolute Gasteiger partial charge is 0.254 e. The van der Waals surface area contributed by atoms with Gasteiger partial charge in [-0.25, -0.2) is 0 Å². The van der Waals surface area contributed by atoms with Crippen molar-refractivity contribution in [3.8, 4) is 17.2 Å². The first-order valence-corrected chi connectivity index (χ1v) is 9.94. The second-order valence-electron chi connectivity index (χ2n) is 7.44. The third-order valence-electron chi connectivity index (χ3n) is 5.74. The Morgan fingerprint density at radius 3 is 1.96 bits per heavy atom. The number of hydrogen-bond donors (Lipinski definition) is 0. The molecular formula is C21H30N2O5. The van der Waals surface area contributed by atoms with E-state index in [1.807, 2.05) is 9.80 Å². The molecule has 7 heteroatoms. The van der Waals surface area contributed by atoms with E-state index in [0.717, 1.165) is 38.8 Å². The van der Waals surface area contributed by atoms with E-state index in [1.54, 1.807) is 12.1 Å². The SMILES string of the molecule is COc1cc(C(=O)N2CCC(CC(=O)N3CCCC3)CC2)cc(OC)c1OC. The zero-order valence-corrected chi connectivity index (χ0v) is 17.0. The summed E-state index contributed by atoms with van der Waals surface area (Å²) in [5, 5.41) is 0. The molecule has 0 saturated carbocycles. The van der Waals surface area contributed by atoms with Crippen LogP contribution in [0.25, 0.3) is 0 Å². The molecule has 0 unspecified atom stereocenters. The lowest BCUT2D eigenvalue weighted by atomic mass is 9.92. The molecule has 28 heavy (non-hydrogen) atoms. The Hall–Kier alpha value is -2.44. The maximum absolute atomic E-state index is 13.0. The number of hydrogen-bond acceptors (Lipinski definition) is 5. The number of benzene rings is 1. The van der Waals surface area contributed by atoms with E-state index < -0.39 is 0 Å². The van der Waals surface area contributed by atoms with E-state index in [4.69, 9.17) is 14.2 Å². The van der Waals surface area contributed by atoms with Crippen LogP contribution in [0.15, 0.2) is 12.1 Å². The number of nitrogens with zero attached hydrogens (tertiary/aromatic N) is 2. The summed E-state index contributed by atoms with van der Waals surface area (Å²) in [5.74, 6) is 1.99. The summed E-state index contributed by atoms with van der Waals surface area (Å²) in [7, 11) is 4.61. The molecule has 1 aromatic rings. The van der Waals surface area contributed by atoms with E-state index >= 15 is 0 Å². The average molecular weight is 390 g/mol. The van der Waals surface area contributed by atoms with Crippen molar-refractivity contribution in [3.05, 3.63) is 17.7 Å². The molecule has 0 atom stereocenters. The number of ether oxygens (including phenoxy) is 3. The second kappa shape index (κ2) is 9.17. The molecule has 0 aliphatic carbocycles. The molecule has 2 fully saturated rings. The highest BCUT2D eigenvalue weighted by molar-refractivity contribution is 5.95. The fraction of sp³-hybridized carbons (Fsp3) is 0.619. The lowest BCUT2D eigenvalue weighted by Crippen LogP contribution is -2.40. The summed E-state index contributed by atoms with van der Waals surface area (Å²) in [6, 6.07) is 3.37. The molecule has 0 radical (unpaired) electrons. The minimum atomic E-state index is -0.0522. The van der Waals surface area contributed by atoms with Gasteiger partial charge in [0.15, 0.2) is 11.5 Å². The van der Waals surface area contributed by atoms with Crippen LogP contribution in [-0.2, 0) is 4.79 Å². The third-order valence-corrected chi connectivity index (χ3v) is 5.74. The summed E-state index contributed by atoms with van der Waals surface area (Å²) in [6.07, 6.45) is 4.55. The summed E-state index contributed by atoms with van der Waals surface area (Å²) < 4.78 is 16.0. The lowest BCUT2D eigenvalue weighted by molar-refractivity contribution is -0.131. The predicted molar refractivity (Wildman–Crippen MR) is 105 cm³/mol. The van der Waals surface area contributed by atoms with Gasteiger partial charge in [0, 0.05) is 38.2 Å². The molecular weight excluding hydrogens is 360 g/mol. The van der Waals surface area contributed by atoms with Gasteiger partial charge in [-0.1, -0.05) is 0 Å². The van der Waals surface area contributed by atoms with Gasteiger partial charge in [-0.2, -0.15) is 0 Å². The molecule has 2 aliphatic rings. The van der Waals surface area contributed by atoms with E-state index in [0.29, 0.717) is 48.2 Å². The highest BCUT2D eigenvalue weighted by atomic mass is 16.5. The van der Waals surface area contributed by atoms with Gasteiger partial charge in [-0.3, -0.25) is 9.59 Å². The lowest BCUT2D eigenvalue weighted by Gasteiger charge is -2.32. The van der Waals surface area contributed by atoms with Gasteiger partial charge in [0.2, 0.25) is 11.7 Å². The molecule has 2 amide bonds. The molecule has 1 aromatic carbocycles. The van der Waals surface area contributed by atoms with Crippen molar-refractivity contribution in [1.82, 2.24) is 9.80 Å². The predicted octanol–water partition coefficient (Wildman–Crippen LogP) is 2.58. The maximum atomic E-state index is 13.0. The zero-order valence-electron chi connectivity index (χ0n) is 17.0. The van der Waals surface area contributed by atoms with Gasteiger partial charge in [0.1, 0.15) is 0 Å². The molecule has 0 N–H and O–H groups in total. The summed E-state index contributed by atoms with van der Waals surface area (Å²) in [6.45, 7) is 3.12. The number of carbonyl (C=O) groups is 2. The molecule has 2 aliphatic heterocycles. The van der Waals surface area contributed by atoms with E-state index in [9.17, 15) is 9.59 Å². The highest BCUT2D eigenvalue weighted by Crippen LogP contribution is 2.38. The fourth-order valence-electron chi connectivity index (χ4n) is 4.07. The van der Waals surface area contributed by atoms with Crippen molar-refractivity contribution in [3.63, 3.8) is 0 Å². The fourth-order valence-corrected chi connectivity index (χ4v) is 4.07. The van der Waals surface area contributed by atoms with Crippen LogP contribution in [0.5, 0.6) is 17.2 Å². The van der Waals surface area contributed by atoms with Crippen molar-refractivity contribution in [2.24, 2.45) is 5.92 Å². The summed E-state index contributed by atoms with van der Waals surface area (Å²) in [5.41, 5.74) is 0.515. The van der Waals surface area contributed by atoms with Crippen molar-refractivity contribution < 1.29 is 23.8 Å². The number of methoxy groups -OCH3 is 3. The minimum Gasteiger partial charge on any atom is -0.493 e. The van der Waals surface area contributed by atoms with Gasteiger partial charge in [-0.15, -0.1) is 0 Å². The first-order chi connectivity index (χ1) is 13.6. The summed E-state index contributed by atoms with van der Waals surface area (Å²) in [4.78, 5) is 29.2. The van der Waals surface area contributed by atoms with E-state index in [-0.39, 0.29) is 11.8 Å².